The fourth-order valence-electron chi connectivity index (χ4n) is 2.97. The normalized spacial score (nSPS) is 30.2. The molecule has 0 aromatic carbocycles. The molecule has 2 atom stereocenters. The topological polar surface area (TPSA) is 53.0 Å². The van der Waals surface area contributed by atoms with Gasteiger partial charge in [0.05, 0.1) is 12.7 Å². The summed E-state index contributed by atoms with van der Waals surface area (Å²) in [5.41, 5.74) is 0. The van der Waals surface area contributed by atoms with Crippen LogP contribution in [0.5, 0.6) is 0 Å². The number of piperazine rings is 1. The predicted octanol–water partition coefficient (Wildman–Crippen LogP) is 1.06. The second kappa shape index (κ2) is 6.38. The minimum absolute atomic E-state index is 0.187. The van der Waals surface area contributed by atoms with Crippen LogP contribution < -0.4 is 0 Å². The zero-order valence-corrected chi connectivity index (χ0v) is 11.2. The zero-order valence-electron chi connectivity index (χ0n) is 11.2. The maximum absolute atomic E-state index is 11.6. The van der Waals surface area contributed by atoms with Gasteiger partial charge in [-0.3, -0.25) is 4.90 Å². The van der Waals surface area contributed by atoms with Gasteiger partial charge in [-0.1, -0.05) is 12.8 Å². The summed E-state index contributed by atoms with van der Waals surface area (Å²) in [7, 11) is 0. The number of hydrogen-bond donors (Lipinski definition) is 1. The van der Waals surface area contributed by atoms with E-state index in [2.05, 4.69) is 4.90 Å². The molecule has 2 fully saturated rings. The van der Waals surface area contributed by atoms with Crippen molar-refractivity contribution in [1.29, 1.82) is 0 Å². The molecule has 18 heavy (non-hydrogen) atoms. The minimum atomic E-state index is -0.207. The Morgan fingerprint density at radius 1 is 1.22 bits per heavy atom. The van der Waals surface area contributed by atoms with Crippen LogP contribution in [0.4, 0.5) is 4.79 Å². The third-order valence-corrected chi connectivity index (χ3v) is 4.00. The molecule has 1 amide bonds. The van der Waals surface area contributed by atoms with E-state index in [1.165, 1.54) is 6.42 Å². The monoisotopic (exact) mass is 256 g/mol. The summed E-state index contributed by atoms with van der Waals surface area (Å²) in [6.45, 7) is 5.37. The summed E-state index contributed by atoms with van der Waals surface area (Å²) < 4.78 is 5.00. The van der Waals surface area contributed by atoms with Crippen LogP contribution in [0, 0.1) is 0 Å². The molecule has 0 bridgehead atoms. The van der Waals surface area contributed by atoms with Crippen LogP contribution in [0.15, 0.2) is 0 Å². The Bertz CT molecular complexity index is 277. The molecule has 104 valence electrons. The standard InChI is InChI=1S/C13H24N2O3/c1-2-18-13(17)15-9-7-14(8-10-15)11-5-3-4-6-12(11)16/h11-12,16H,2-10H2,1H3/t11-,12-/m1/s1. The van der Waals surface area contributed by atoms with E-state index in [9.17, 15) is 9.90 Å². The molecule has 0 aromatic rings. The van der Waals surface area contributed by atoms with Crippen LogP contribution in [0.25, 0.3) is 0 Å². The number of ether oxygens (including phenoxy) is 1. The SMILES string of the molecule is CCOC(=O)N1CCN([C@@H]2CCCC[C@H]2O)CC1. The summed E-state index contributed by atoms with van der Waals surface area (Å²) >= 11 is 0. The summed E-state index contributed by atoms with van der Waals surface area (Å²) in [5.74, 6) is 0. The molecule has 0 radical (unpaired) electrons. The molecule has 2 rings (SSSR count). The first-order chi connectivity index (χ1) is 8.72. The molecule has 2 aliphatic rings. The Kier molecular flexibility index (Phi) is 4.83. The van der Waals surface area contributed by atoms with Gasteiger partial charge in [0, 0.05) is 32.2 Å². The highest BCUT2D eigenvalue weighted by molar-refractivity contribution is 5.67. The lowest BCUT2D eigenvalue weighted by molar-refractivity contribution is -0.00371. The van der Waals surface area contributed by atoms with Gasteiger partial charge in [-0.2, -0.15) is 0 Å². The van der Waals surface area contributed by atoms with Crippen molar-refractivity contribution in [3.05, 3.63) is 0 Å². The number of carbonyl (C=O) groups excluding carboxylic acids is 1. The van der Waals surface area contributed by atoms with Gasteiger partial charge in [-0.05, 0) is 19.8 Å². The van der Waals surface area contributed by atoms with Crippen molar-refractivity contribution in [3.8, 4) is 0 Å². The second-order valence-electron chi connectivity index (χ2n) is 5.14. The number of aliphatic hydroxyl groups is 1. The lowest BCUT2D eigenvalue weighted by Gasteiger charge is -2.42. The fourth-order valence-corrected chi connectivity index (χ4v) is 2.97. The van der Waals surface area contributed by atoms with Crippen molar-refractivity contribution < 1.29 is 14.6 Å². The Hall–Kier alpha value is -0.810. The summed E-state index contributed by atoms with van der Waals surface area (Å²) in [5, 5.41) is 10.0. The Morgan fingerprint density at radius 3 is 2.50 bits per heavy atom. The Labute approximate surface area is 109 Å². The van der Waals surface area contributed by atoms with Gasteiger partial charge in [-0.25, -0.2) is 4.79 Å². The second-order valence-corrected chi connectivity index (χ2v) is 5.14. The van der Waals surface area contributed by atoms with E-state index in [4.69, 9.17) is 4.74 Å². The van der Waals surface area contributed by atoms with E-state index < -0.39 is 0 Å². The summed E-state index contributed by atoms with van der Waals surface area (Å²) in [4.78, 5) is 15.7. The number of carbonyl (C=O) groups is 1. The van der Waals surface area contributed by atoms with Crippen molar-refractivity contribution in [2.24, 2.45) is 0 Å². The maximum Gasteiger partial charge on any atom is 0.409 e. The maximum atomic E-state index is 11.6. The number of rotatable bonds is 2. The molecular weight excluding hydrogens is 232 g/mol. The van der Waals surface area contributed by atoms with E-state index in [-0.39, 0.29) is 12.2 Å². The summed E-state index contributed by atoms with van der Waals surface area (Å²) in [6.07, 6.45) is 3.96. The van der Waals surface area contributed by atoms with Crippen LogP contribution in [0.2, 0.25) is 0 Å². The van der Waals surface area contributed by atoms with Crippen LogP contribution in [-0.2, 0) is 4.74 Å². The molecule has 1 saturated carbocycles. The van der Waals surface area contributed by atoms with E-state index >= 15 is 0 Å². The lowest BCUT2D eigenvalue weighted by Crippen LogP contribution is -2.55. The third kappa shape index (κ3) is 3.14. The van der Waals surface area contributed by atoms with Gasteiger partial charge in [0.15, 0.2) is 0 Å². The third-order valence-electron chi connectivity index (χ3n) is 4.00. The highest BCUT2D eigenvalue weighted by Gasteiger charge is 2.32. The van der Waals surface area contributed by atoms with Gasteiger partial charge in [0.25, 0.3) is 0 Å². The number of hydrogen-bond acceptors (Lipinski definition) is 4. The van der Waals surface area contributed by atoms with Gasteiger partial charge in [0.1, 0.15) is 0 Å². The Morgan fingerprint density at radius 2 is 1.89 bits per heavy atom. The van der Waals surface area contributed by atoms with Crippen molar-refractivity contribution in [1.82, 2.24) is 9.80 Å². The van der Waals surface area contributed by atoms with Crippen molar-refractivity contribution in [2.45, 2.75) is 44.8 Å². The van der Waals surface area contributed by atoms with Crippen molar-refractivity contribution in [3.63, 3.8) is 0 Å². The highest BCUT2D eigenvalue weighted by Crippen LogP contribution is 2.24. The van der Waals surface area contributed by atoms with Gasteiger partial charge < -0.3 is 14.7 Å². The van der Waals surface area contributed by atoms with Gasteiger partial charge >= 0.3 is 6.09 Å². The average Bonchev–Trinajstić information content (AvgIpc) is 2.40. The molecular formula is C13H24N2O3. The molecule has 1 aliphatic heterocycles. The van der Waals surface area contributed by atoms with E-state index in [1.807, 2.05) is 6.92 Å². The minimum Gasteiger partial charge on any atom is -0.450 e. The quantitative estimate of drug-likeness (QED) is 0.803. The molecule has 1 aliphatic carbocycles. The largest absolute Gasteiger partial charge is 0.450 e. The summed E-state index contributed by atoms with van der Waals surface area (Å²) in [6, 6.07) is 0.295. The molecule has 0 unspecified atom stereocenters. The van der Waals surface area contributed by atoms with Gasteiger partial charge in [-0.15, -0.1) is 0 Å². The molecule has 5 nitrogen and oxygen atoms in total. The Balaban J connectivity index is 1.80. The average molecular weight is 256 g/mol. The van der Waals surface area contributed by atoms with E-state index in [1.54, 1.807) is 4.90 Å². The fraction of sp³-hybridized carbons (Fsp3) is 0.923. The number of nitrogens with zero attached hydrogens (tertiary/aromatic N) is 2. The number of amides is 1. The van der Waals surface area contributed by atoms with Gasteiger partial charge in [0.2, 0.25) is 0 Å². The first kappa shape index (κ1) is 13.6. The lowest BCUT2D eigenvalue weighted by atomic mass is 9.91. The van der Waals surface area contributed by atoms with Crippen LogP contribution in [0.3, 0.4) is 0 Å². The molecule has 1 N–H and O–H groups in total. The first-order valence-corrected chi connectivity index (χ1v) is 7.06. The molecule has 1 heterocycles. The van der Waals surface area contributed by atoms with E-state index in [0.717, 1.165) is 32.4 Å². The zero-order chi connectivity index (χ0) is 13.0. The molecule has 1 saturated heterocycles. The highest BCUT2D eigenvalue weighted by atomic mass is 16.6. The predicted molar refractivity (Wildman–Crippen MR) is 68.4 cm³/mol. The smallest absolute Gasteiger partial charge is 0.409 e. The number of aliphatic hydroxyl groups excluding tert-OH is 1. The van der Waals surface area contributed by atoms with E-state index in [0.29, 0.717) is 25.7 Å². The van der Waals surface area contributed by atoms with Crippen molar-refractivity contribution in [2.75, 3.05) is 32.8 Å². The van der Waals surface area contributed by atoms with Crippen molar-refractivity contribution >= 4 is 6.09 Å². The van der Waals surface area contributed by atoms with Crippen LogP contribution in [-0.4, -0.2) is 65.9 Å². The van der Waals surface area contributed by atoms with Crippen LogP contribution in [0.1, 0.15) is 32.6 Å². The first-order valence-electron chi connectivity index (χ1n) is 7.06. The molecule has 0 spiro atoms. The van der Waals surface area contributed by atoms with Crippen LogP contribution >= 0.6 is 0 Å². The molecule has 0 aromatic heterocycles. The molecule has 5 heteroatoms.